The second-order valence-corrected chi connectivity index (χ2v) is 10.2. The topological polar surface area (TPSA) is 78.9 Å². The number of cyclic esters (lactones) is 1. The summed E-state index contributed by atoms with van der Waals surface area (Å²) in [6.45, 7) is 2.37. The van der Waals surface area contributed by atoms with E-state index in [4.69, 9.17) is 9.47 Å². The molecule has 0 amide bonds. The number of unbranched alkanes of at least 4 members (excludes halogenated alkanes) is 6. The third kappa shape index (κ3) is 8.41. The lowest BCUT2D eigenvalue weighted by atomic mass is 9.71. The van der Waals surface area contributed by atoms with Crippen LogP contribution in [0.5, 0.6) is 0 Å². The van der Waals surface area contributed by atoms with Gasteiger partial charge in [-0.2, -0.15) is 0 Å². The Kier molecular flexibility index (Phi) is 13.0. The number of hydrogen-bond acceptors (Lipinski definition) is 7. The van der Waals surface area contributed by atoms with Gasteiger partial charge in [0, 0.05) is 22.5 Å². The second-order valence-electron chi connectivity index (χ2n) is 8.98. The van der Waals surface area contributed by atoms with Gasteiger partial charge in [-0.25, -0.2) is 0 Å². The average Bonchev–Trinajstić information content (AvgIpc) is 3.21. The van der Waals surface area contributed by atoms with Crippen molar-refractivity contribution < 1.29 is 28.6 Å². The minimum absolute atomic E-state index is 0.107. The third-order valence-electron chi connectivity index (χ3n) is 6.58. The summed E-state index contributed by atoms with van der Waals surface area (Å²) in [5.41, 5.74) is -1.32. The first-order valence-corrected chi connectivity index (χ1v) is 13.6. The number of carbonyl (C=O) groups is 3. The molecule has 1 saturated heterocycles. The van der Waals surface area contributed by atoms with Crippen LogP contribution in [0.4, 0.5) is 0 Å². The smallest absolute Gasteiger partial charge is 0.323 e. The number of carbonyl (C=O) groups excluding carboxylic acids is 3. The standard InChI is InChI=1S/C28H40O6S/c1-4-5-6-7-13-18-24(35-22-16-11-10-12-17-22)23-21-34-27(31)28(23,26(30)33-3)20-15-9-8-14-19-25(29)32-2/h10-13,16-18,23-24H,4-9,14-15,19-21H2,1-3H3. The van der Waals surface area contributed by atoms with Crippen molar-refractivity contribution in [2.45, 2.75) is 81.3 Å². The van der Waals surface area contributed by atoms with Crippen LogP contribution in [0, 0.1) is 11.3 Å². The van der Waals surface area contributed by atoms with Crippen LogP contribution in [-0.4, -0.2) is 44.0 Å². The predicted octanol–water partition coefficient (Wildman–Crippen LogP) is 6.13. The molecule has 0 saturated carbocycles. The number of rotatable bonds is 16. The molecule has 3 atom stereocenters. The minimum Gasteiger partial charge on any atom is -0.469 e. The lowest BCUT2D eigenvalue weighted by Gasteiger charge is -2.32. The van der Waals surface area contributed by atoms with Crippen LogP contribution in [0.3, 0.4) is 0 Å². The lowest BCUT2D eigenvalue weighted by Crippen LogP contribution is -2.45. The van der Waals surface area contributed by atoms with Crippen molar-refractivity contribution in [3.63, 3.8) is 0 Å². The number of esters is 3. The van der Waals surface area contributed by atoms with Crippen LogP contribution in [0.15, 0.2) is 47.4 Å². The highest BCUT2D eigenvalue weighted by Crippen LogP contribution is 2.48. The second kappa shape index (κ2) is 15.7. The van der Waals surface area contributed by atoms with E-state index in [9.17, 15) is 14.4 Å². The van der Waals surface area contributed by atoms with E-state index < -0.39 is 17.4 Å². The molecular weight excluding hydrogens is 464 g/mol. The van der Waals surface area contributed by atoms with E-state index in [0.717, 1.165) is 43.4 Å². The summed E-state index contributed by atoms with van der Waals surface area (Å²) < 4.78 is 15.4. The average molecular weight is 505 g/mol. The Morgan fingerprint density at radius 2 is 1.83 bits per heavy atom. The molecule has 6 nitrogen and oxygen atoms in total. The summed E-state index contributed by atoms with van der Waals surface area (Å²) in [5.74, 6) is -1.55. The van der Waals surface area contributed by atoms with Gasteiger partial charge in [-0.1, -0.05) is 69.4 Å². The van der Waals surface area contributed by atoms with Gasteiger partial charge in [-0.05, 0) is 37.8 Å². The molecular formula is C28H40O6S. The van der Waals surface area contributed by atoms with E-state index >= 15 is 0 Å². The summed E-state index contributed by atoms with van der Waals surface area (Å²) in [5, 5.41) is -0.107. The van der Waals surface area contributed by atoms with Gasteiger partial charge in [0.15, 0.2) is 5.41 Å². The molecule has 1 aliphatic heterocycles. The fourth-order valence-corrected chi connectivity index (χ4v) is 5.85. The SMILES string of the molecule is CCCCCC=CC(Sc1ccccc1)C1COC(=O)C1(CCCCCCC(=O)OC)C(=O)OC. The number of ether oxygens (including phenoxy) is 3. The molecule has 0 spiro atoms. The van der Waals surface area contributed by atoms with Gasteiger partial charge in [0.1, 0.15) is 0 Å². The van der Waals surface area contributed by atoms with Crippen molar-refractivity contribution >= 4 is 29.7 Å². The zero-order valence-corrected chi connectivity index (χ0v) is 22.1. The lowest BCUT2D eigenvalue weighted by molar-refractivity contribution is -0.165. The Morgan fingerprint density at radius 1 is 1.09 bits per heavy atom. The first-order chi connectivity index (χ1) is 17.0. The maximum absolute atomic E-state index is 13.2. The van der Waals surface area contributed by atoms with Crippen LogP contribution in [0.2, 0.25) is 0 Å². The largest absolute Gasteiger partial charge is 0.469 e. The molecule has 0 aliphatic carbocycles. The molecule has 1 aromatic carbocycles. The number of benzene rings is 1. The monoisotopic (exact) mass is 504 g/mol. The molecule has 0 radical (unpaired) electrons. The Morgan fingerprint density at radius 3 is 2.51 bits per heavy atom. The maximum atomic E-state index is 13.2. The molecule has 1 aliphatic rings. The van der Waals surface area contributed by atoms with E-state index in [-0.39, 0.29) is 23.7 Å². The molecule has 0 aromatic heterocycles. The van der Waals surface area contributed by atoms with Crippen LogP contribution < -0.4 is 0 Å². The van der Waals surface area contributed by atoms with Gasteiger partial charge in [0.2, 0.25) is 0 Å². The van der Waals surface area contributed by atoms with Crippen molar-refractivity contribution in [1.29, 1.82) is 0 Å². The summed E-state index contributed by atoms with van der Waals surface area (Å²) >= 11 is 1.66. The normalized spacial score (nSPS) is 20.5. The Labute approximate surface area is 214 Å². The van der Waals surface area contributed by atoms with E-state index in [2.05, 4.69) is 23.8 Å². The van der Waals surface area contributed by atoms with E-state index in [1.165, 1.54) is 20.6 Å². The fourth-order valence-electron chi connectivity index (χ4n) is 4.55. The van der Waals surface area contributed by atoms with Gasteiger partial charge >= 0.3 is 17.9 Å². The van der Waals surface area contributed by atoms with Crippen molar-refractivity contribution in [3.8, 4) is 0 Å². The molecule has 3 unspecified atom stereocenters. The first-order valence-electron chi connectivity index (χ1n) is 12.7. The minimum atomic E-state index is -1.32. The fraction of sp³-hybridized carbons (Fsp3) is 0.607. The molecule has 1 fully saturated rings. The Hall–Kier alpha value is -2.28. The van der Waals surface area contributed by atoms with E-state index in [1.807, 2.05) is 30.3 Å². The van der Waals surface area contributed by atoms with Crippen molar-refractivity contribution in [1.82, 2.24) is 0 Å². The molecule has 7 heteroatoms. The van der Waals surface area contributed by atoms with Gasteiger partial charge in [0.25, 0.3) is 0 Å². The molecule has 0 N–H and O–H groups in total. The first kappa shape index (κ1) is 29.0. The van der Waals surface area contributed by atoms with Crippen molar-refractivity contribution in [3.05, 3.63) is 42.5 Å². The van der Waals surface area contributed by atoms with Gasteiger partial charge < -0.3 is 14.2 Å². The molecule has 1 heterocycles. The van der Waals surface area contributed by atoms with Gasteiger partial charge in [0.05, 0.1) is 20.8 Å². The van der Waals surface area contributed by atoms with Crippen LogP contribution >= 0.6 is 11.8 Å². The zero-order chi connectivity index (χ0) is 25.5. The van der Waals surface area contributed by atoms with Crippen molar-refractivity contribution in [2.24, 2.45) is 11.3 Å². The molecule has 194 valence electrons. The molecule has 0 bridgehead atoms. The highest BCUT2D eigenvalue weighted by Gasteiger charge is 2.60. The Balaban J connectivity index is 2.20. The van der Waals surface area contributed by atoms with Gasteiger partial charge in [-0.3, -0.25) is 14.4 Å². The number of hydrogen-bond donors (Lipinski definition) is 0. The predicted molar refractivity (Wildman–Crippen MR) is 138 cm³/mol. The van der Waals surface area contributed by atoms with Crippen molar-refractivity contribution in [2.75, 3.05) is 20.8 Å². The zero-order valence-electron chi connectivity index (χ0n) is 21.3. The van der Waals surface area contributed by atoms with E-state index in [1.54, 1.807) is 11.8 Å². The number of allylic oxidation sites excluding steroid dienone is 1. The maximum Gasteiger partial charge on any atom is 0.323 e. The van der Waals surface area contributed by atoms with Gasteiger partial charge in [-0.15, -0.1) is 11.8 Å². The summed E-state index contributed by atoms with van der Waals surface area (Å²) in [7, 11) is 2.72. The summed E-state index contributed by atoms with van der Waals surface area (Å²) in [6.07, 6.45) is 12.5. The summed E-state index contributed by atoms with van der Waals surface area (Å²) in [6, 6.07) is 10.0. The van der Waals surface area contributed by atoms with Crippen LogP contribution in [-0.2, 0) is 28.6 Å². The van der Waals surface area contributed by atoms with Crippen LogP contribution in [0.25, 0.3) is 0 Å². The number of methoxy groups -OCH3 is 2. The highest BCUT2D eigenvalue weighted by atomic mass is 32.2. The summed E-state index contributed by atoms with van der Waals surface area (Å²) in [4.78, 5) is 38.7. The van der Waals surface area contributed by atoms with Crippen LogP contribution in [0.1, 0.15) is 71.1 Å². The number of thioether (sulfide) groups is 1. The molecule has 35 heavy (non-hydrogen) atoms. The Bertz CT molecular complexity index is 824. The third-order valence-corrected chi connectivity index (χ3v) is 7.88. The van der Waals surface area contributed by atoms with E-state index in [0.29, 0.717) is 19.3 Å². The highest BCUT2D eigenvalue weighted by molar-refractivity contribution is 8.00. The quantitative estimate of drug-likeness (QED) is 0.0669. The molecule has 1 aromatic rings. The molecule has 2 rings (SSSR count).